The minimum atomic E-state index is -0.231. The smallest absolute Gasteiger partial charge is 0.275 e. The first kappa shape index (κ1) is 14.8. The number of nitrogens with zero attached hydrogens (tertiary/aromatic N) is 1. The van der Waals surface area contributed by atoms with E-state index in [0.29, 0.717) is 16.4 Å². The van der Waals surface area contributed by atoms with Crippen molar-refractivity contribution >= 4 is 34.5 Å². The van der Waals surface area contributed by atoms with E-state index in [4.69, 9.17) is 11.6 Å². The largest absolute Gasteiger partial charge is 0.321 e. The fourth-order valence-corrected chi connectivity index (χ4v) is 3.23. The molecule has 22 heavy (non-hydrogen) atoms. The molecule has 1 heterocycles. The lowest BCUT2D eigenvalue weighted by Crippen LogP contribution is -2.13. The topological polar surface area (TPSA) is 42.0 Å². The summed E-state index contributed by atoms with van der Waals surface area (Å²) in [6.07, 6.45) is 0. The normalized spacial score (nSPS) is 10.5. The van der Waals surface area contributed by atoms with Gasteiger partial charge in [-0.05, 0) is 30.7 Å². The average molecular weight is 329 g/mol. The molecule has 110 valence electrons. The van der Waals surface area contributed by atoms with Crippen LogP contribution in [0.2, 0.25) is 5.02 Å². The van der Waals surface area contributed by atoms with Crippen LogP contribution in [0.15, 0.2) is 54.6 Å². The van der Waals surface area contributed by atoms with E-state index in [1.807, 2.05) is 37.3 Å². The van der Waals surface area contributed by atoms with Crippen LogP contribution in [-0.4, -0.2) is 10.9 Å². The van der Waals surface area contributed by atoms with Gasteiger partial charge in [0.25, 0.3) is 5.91 Å². The van der Waals surface area contributed by atoms with Gasteiger partial charge in [-0.25, -0.2) is 4.98 Å². The van der Waals surface area contributed by atoms with E-state index in [1.165, 1.54) is 11.3 Å². The van der Waals surface area contributed by atoms with Crippen LogP contribution in [0.25, 0.3) is 10.4 Å². The Kier molecular flexibility index (Phi) is 4.22. The average Bonchev–Trinajstić information content (AvgIpc) is 2.90. The summed E-state index contributed by atoms with van der Waals surface area (Å²) in [5, 5.41) is 4.28. The number of carbonyl (C=O) groups excluding carboxylic acids is 1. The molecule has 1 N–H and O–H groups in total. The summed E-state index contributed by atoms with van der Waals surface area (Å²) in [6, 6.07) is 16.9. The van der Waals surface area contributed by atoms with Crippen molar-refractivity contribution in [1.82, 2.24) is 4.98 Å². The molecule has 3 rings (SSSR count). The number of carbonyl (C=O) groups is 1. The number of thiazole rings is 1. The molecule has 1 amide bonds. The lowest BCUT2D eigenvalue weighted by Gasteiger charge is -2.05. The molecule has 0 aliphatic heterocycles. The summed E-state index contributed by atoms with van der Waals surface area (Å²) in [5.41, 5.74) is 2.08. The van der Waals surface area contributed by atoms with Crippen molar-refractivity contribution in [3.63, 3.8) is 0 Å². The second-order valence-electron chi connectivity index (χ2n) is 4.74. The zero-order valence-electron chi connectivity index (χ0n) is 11.8. The molecular weight excluding hydrogens is 316 g/mol. The molecular formula is C17H13ClN2OS. The minimum absolute atomic E-state index is 0.231. The minimum Gasteiger partial charge on any atom is -0.321 e. The van der Waals surface area contributed by atoms with Crippen LogP contribution in [0, 0.1) is 6.92 Å². The lowest BCUT2D eigenvalue weighted by atomic mass is 10.1. The molecule has 0 aliphatic carbocycles. The standard InChI is InChI=1S/C17H13ClN2OS/c1-11-19-15(16(22-11)12-6-3-2-4-7-12)17(21)20-14-9-5-8-13(18)10-14/h2-10H,1H3,(H,20,21). The number of aryl methyl sites for hydroxylation is 1. The quantitative estimate of drug-likeness (QED) is 0.733. The predicted octanol–water partition coefficient (Wildman–Crippen LogP) is 5.02. The van der Waals surface area contributed by atoms with Crippen LogP contribution in [0.5, 0.6) is 0 Å². The first-order valence-corrected chi connectivity index (χ1v) is 7.93. The van der Waals surface area contributed by atoms with Crippen LogP contribution in [0.1, 0.15) is 15.5 Å². The number of anilines is 1. The summed E-state index contributed by atoms with van der Waals surface area (Å²) in [4.78, 5) is 17.8. The highest BCUT2D eigenvalue weighted by molar-refractivity contribution is 7.15. The van der Waals surface area contributed by atoms with Crippen molar-refractivity contribution in [2.45, 2.75) is 6.92 Å². The first-order valence-electron chi connectivity index (χ1n) is 6.73. The van der Waals surface area contributed by atoms with Crippen molar-refractivity contribution in [3.8, 4) is 10.4 Å². The predicted molar refractivity (Wildman–Crippen MR) is 91.7 cm³/mol. The van der Waals surface area contributed by atoms with E-state index in [9.17, 15) is 4.79 Å². The Bertz CT molecular complexity index is 815. The lowest BCUT2D eigenvalue weighted by molar-refractivity contribution is 0.102. The number of benzene rings is 2. The third kappa shape index (κ3) is 3.18. The first-order chi connectivity index (χ1) is 10.6. The van der Waals surface area contributed by atoms with Gasteiger partial charge in [0.2, 0.25) is 0 Å². The van der Waals surface area contributed by atoms with E-state index in [0.717, 1.165) is 15.4 Å². The summed E-state index contributed by atoms with van der Waals surface area (Å²) >= 11 is 7.45. The van der Waals surface area contributed by atoms with Gasteiger partial charge in [0.1, 0.15) is 5.69 Å². The molecule has 0 atom stereocenters. The maximum absolute atomic E-state index is 12.5. The van der Waals surface area contributed by atoms with Crippen LogP contribution in [0.3, 0.4) is 0 Å². The Morgan fingerprint density at radius 1 is 1.14 bits per heavy atom. The Balaban J connectivity index is 1.93. The van der Waals surface area contributed by atoms with Crippen LogP contribution in [-0.2, 0) is 0 Å². The van der Waals surface area contributed by atoms with Gasteiger partial charge in [0.05, 0.1) is 9.88 Å². The zero-order chi connectivity index (χ0) is 15.5. The number of amides is 1. The fourth-order valence-electron chi connectivity index (χ4n) is 2.12. The van der Waals surface area contributed by atoms with E-state index in [-0.39, 0.29) is 5.91 Å². The van der Waals surface area contributed by atoms with Crippen LogP contribution >= 0.6 is 22.9 Å². The molecule has 0 spiro atoms. The summed E-state index contributed by atoms with van der Waals surface area (Å²) in [5.74, 6) is -0.231. The van der Waals surface area contributed by atoms with Gasteiger partial charge in [-0.15, -0.1) is 11.3 Å². The molecule has 0 saturated carbocycles. The second kappa shape index (κ2) is 6.30. The molecule has 5 heteroatoms. The Morgan fingerprint density at radius 2 is 1.91 bits per heavy atom. The van der Waals surface area contributed by atoms with E-state index < -0.39 is 0 Å². The Labute approximate surface area is 137 Å². The molecule has 0 aliphatic rings. The van der Waals surface area contributed by atoms with Crippen molar-refractivity contribution in [2.75, 3.05) is 5.32 Å². The zero-order valence-corrected chi connectivity index (χ0v) is 13.4. The van der Waals surface area contributed by atoms with E-state index >= 15 is 0 Å². The van der Waals surface area contributed by atoms with Crippen molar-refractivity contribution in [1.29, 1.82) is 0 Å². The number of hydrogen-bond donors (Lipinski definition) is 1. The van der Waals surface area contributed by atoms with Crippen molar-refractivity contribution in [3.05, 3.63) is 70.3 Å². The Morgan fingerprint density at radius 3 is 2.64 bits per heavy atom. The molecule has 2 aromatic carbocycles. The molecule has 0 saturated heterocycles. The molecule has 1 aromatic heterocycles. The second-order valence-corrected chi connectivity index (χ2v) is 6.38. The highest BCUT2D eigenvalue weighted by Crippen LogP contribution is 2.30. The molecule has 0 fully saturated rings. The van der Waals surface area contributed by atoms with Crippen LogP contribution < -0.4 is 5.32 Å². The molecule has 3 aromatic rings. The highest BCUT2D eigenvalue weighted by Gasteiger charge is 2.18. The maximum atomic E-state index is 12.5. The molecule has 0 radical (unpaired) electrons. The van der Waals surface area contributed by atoms with Gasteiger partial charge in [0, 0.05) is 10.7 Å². The summed E-state index contributed by atoms with van der Waals surface area (Å²) in [7, 11) is 0. The van der Waals surface area contributed by atoms with Gasteiger partial charge in [-0.3, -0.25) is 4.79 Å². The van der Waals surface area contributed by atoms with Crippen LogP contribution in [0.4, 0.5) is 5.69 Å². The van der Waals surface area contributed by atoms with Crippen molar-refractivity contribution < 1.29 is 4.79 Å². The number of nitrogens with one attached hydrogen (secondary N) is 1. The van der Waals surface area contributed by atoms with Gasteiger partial charge in [-0.1, -0.05) is 48.0 Å². The van der Waals surface area contributed by atoms with E-state index in [1.54, 1.807) is 24.3 Å². The number of rotatable bonds is 3. The van der Waals surface area contributed by atoms with Gasteiger partial charge < -0.3 is 5.32 Å². The third-order valence-electron chi connectivity index (χ3n) is 3.07. The summed E-state index contributed by atoms with van der Waals surface area (Å²) in [6.45, 7) is 1.90. The van der Waals surface area contributed by atoms with Gasteiger partial charge in [0.15, 0.2) is 0 Å². The SMILES string of the molecule is Cc1nc(C(=O)Nc2cccc(Cl)c2)c(-c2ccccc2)s1. The molecule has 0 bridgehead atoms. The number of hydrogen-bond acceptors (Lipinski definition) is 3. The fraction of sp³-hybridized carbons (Fsp3) is 0.0588. The van der Waals surface area contributed by atoms with Gasteiger partial charge in [-0.2, -0.15) is 0 Å². The Hall–Kier alpha value is -2.17. The van der Waals surface area contributed by atoms with Gasteiger partial charge >= 0.3 is 0 Å². The highest BCUT2D eigenvalue weighted by atomic mass is 35.5. The monoisotopic (exact) mass is 328 g/mol. The molecule has 3 nitrogen and oxygen atoms in total. The maximum Gasteiger partial charge on any atom is 0.275 e. The number of halogens is 1. The van der Waals surface area contributed by atoms with Crippen molar-refractivity contribution in [2.24, 2.45) is 0 Å². The third-order valence-corrected chi connectivity index (χ3v) is 4.32. The number of aromatic nitrogens is 1. The summed E-state index contributed by atoms with van der Waals surface area (Å²) < 4.78 is 0. The van der Waals surface area contributed by atoms with E-state index in [2.05, 4.69) is 10.3 Å². The molecule has 0 unspecified atom stereocenters.